The number of anilines is 2. The predicted molar refractivity (Wildman–Crippen MR) is 113 cm³/mol. The fourth-order valence-electron chi connectivity index (χ4n) is 4.35. The van der Waals surface area contributed by atoms with Crippen molar-refractivity contribution in [2.24, 2.45) is 0 Å². The Morgan fingerprint density at radius 1 is 0.793 bits per heavy atom. The highest BCUT2D eigenvalue weighted by Gasteiger charge is 2.28. The van der Waals surface area contributed by atoms with E-state index < -0.39 is 0 Å². The van der Waals surface area contributed by atoms with Crippen LogP contribution in [-0.2, 0) is 0 Å². The van der Waals surface area contributed by atoms with Crippen LogP contribution in [0.2, 0.25) is 0 Å². The molecule has 2 saturated heterocycles. The molecule has 1 atom stereocenters. The molecule has 2 aliphatic rings. The molecule has 0 spiro atoms. The third-order valence-electron chi connectivity index (χ3n) is 5.81. The summed E-state index contributed by atoms with van der Waals surface area (Å²) in [5, 5.41) is 0. The monoisotopic (exact) mass is 387 g/mol. The molecule has 0 bridgehead atoms. The molecule has 1 unspecified atom stereocenters. The first-order valence-corrected chi connectivity index (χ1v) is 10.4. The molecule has 0 radical (unpaired) electrons. The molecule has 2 fully saturated rings. The van der Waals surface area contributed by atoms with Gasteiger partial charge in [0.2, 0.25) is 11.9 Å². The van der Waals surface area contributed by atoms with Crippen LogP contribution in [0.15, 0.2) is 49.2 Å². The van der Waals surface area contributed by atoms with E-state index in [1.54, 1.807) is 6.20 Å². The first kappa shape index (κ1) is 18.0. The Hall–Kier alpha value is -3.09. The van der Waals surface area contributed by atoms with E-state index in [1.807, 2.05) is 36.9 Å². The van der Waals surface area contributed by atoms with Crippen LogP contribution in [0.25, 0.3) is 11.1 Å². The van der Waals surface area contributed by atoms with Crippen LogP contribution in [-0.4, -0.2) is 51.1 Å². The summed E-state index contributed by atoms with van der Waals surface area (Å²) in [5.41, 5.74) is 3.28. The molecule has 3 aromatic heterocycles. The van der Waals surface area contributed by atoms with Gasteiger partial charge in [0.1, 0.15) is 0 Å². The van der Waals surface area contributed by atoms with Crippen molar-refractivity contribution in [2.45, 2.75) is 31.6 Å². The number of aromatic nitrogens is 5. The molecule has 5 rings (SSSR count). The van der Waals surface area contributed by atoms with E-state index >= 15 is 0 Å². The van der Waals surface area contributed by atoms with Crippen LogP contribution < -0.4 is 9.80 Å². The average molecular weight is 387 g/mol. The van der Waals surface area contributed by atoms with Crippen molar-refractivity contribution in [1.29, 1.82) is 0 Å². The topological polar surface area (TPSA) is 70.9 Å². The Balaban J connectivity index is 1.51. The van der Waals surface area contributed by atoms with E-state index in [1.165, 1.54) is 12.8 Å². The van der Waals surface area contributed by atoms with E-state index in [-0.39, 0.29) is 0 Å². The summed E-state index contributed by atoms with van der Waals surface area (Å²) in [7, 11) is 0. The zero-order chi connectivity index (χ0) is 19.5. The zero-order valence-electron chi connectivity index (χ0n) is 16.5. The maximum atomic E-state index is 5.10. The summed E-state index contributed by atoms with van der Waals surface area (Å²) in [6, 6.07) is 5.92. The maximum absolute atomic E-state index is 5.10. The van der Waals surface area contributed by atoms with Gasteiger partial charge < -0.3 is 9.80 Å². The summed E-state index contributed by atoms with van der Waals surface area (Å²) in [6.07, 6.45) is 13.9. The van der Waals surface area contributed by atoms with Gasteiger partial charge in [-0.15, -0.1) is 0 Å². The van der Waals surface area contributed by atoms with Crippen molar-refractivity contribution in [2.75, 3.05) is 36.0 Å². The SMILES string of the molecule is c1cnc(N2CCCC(c3nc(N4CCCC4)ncc3-c3cccnc3)C2)nc1. The fourth-order valence-corrected chi connectivity index (χ4v) is 4.35. The number of rotatable bonds is 4. The standard InChI is InChI=1S/C22H25N7/c1-2-12-28(11-1)22-26-15-19(17-6-3-8-23-14-17)20(27-22)18-7-4-13-29(16-18)21-24-9-5-10-25-21/h3,5-6,8-10,14-15,18H,1-2,4,7,11-13,16H2. The molecule has 0 aliphatic carbocycles. The Morgan fingerprint density at radius 2 is 1.62 bits per heavy atom. The van der Waals surface area contributed by atoms with Crippen molar-refractivity contribution in [3.05, 3.63) is 54.9 Å². The highest BCUT2D eigenvalue weighted by molar-refractivity contribution is 5.66. The highest BCUT2D eigenvalue weighted by Crippen LogP contribution is 2.34. The lowest BCUT2D eigenvalue weighted by Crippen LogP contribution is -2.36. The first-order chi connectivity index (χ1) is 14.4. The van der Waals surface area contributed by atoms with E-state index in [2.05, 4.69) is 30.8 Å². The average Bonchev–Trinajstić information content (AvgIpc) is 3.35. The Labute approximate surface area is 170 Å². The summed E-state index contributed by atoms with van der Waals surface area (Å²) >= 11 is 0. The number of pyridine rings is 1. The molecule has 7 nitrogen and oxygen atoms in total. The molecule has 0 N–H and O–H groups in total. The second kappa shape index (κ2) is 8.11. The third kappa shape index (κ3) is 3.77. The molecular formula is C22H25N7. The summed E-state index contributed by atoms with van der Waals surface area (Å²) < 4.78 is 0. The van der Waals surface area contributed by atoms with Gasteiger partial charge in [-0.25, -0.2) is 19.9 Å². The van der Waals surface area contributed by atoms with Crippen molar-refractivity contribution in [3.63, 3.8) is 0 Å². The molecule has 5 heterocycles. The lowest BCUT2D eigenvalue weighted by atomic mass is 9.90. The van der Waals surface area contributed by atoms with Gasteiger partial charge in [0.15, 0.2) is 0 Å². The number of nitrogens with zero attached hydrogens (tertiary/aromatic N) is 7. The van der Waals surface area contributed by atoms with Gasteiger partial charge in [-0.1, -0.05) is 6.07 Å². The van der Waals surface area contributed by atoms with Gasteiger partial charge in [0, 0.05) is 74.2 Å². The summed E-state index contributed by atoms with van der Waals surface area (Å²) in [5.74, 6) is 1.97. The Kier molecular flexibility index (Phi) is 5.02. The van der Waals surface area contributed by atoms with Crippen LogP contribution >= 0.6 is 0 Å². The molecule has 0 amide bonds. The smallest absolute Gasteiger partial charge is 0.225 e. The minimum absolute atomic E-state index is 0.312. The fraction of sp³-hybridized carbons (Fsp3) is 0.409. The number of piperidine rings is 1. The lowest BCUT2D eigenvalue weighted by Gasteiger charge is -2.33. The molecule has 7 heteroatoms. The molecular weight excluding hydrogens is 362 g/mol. The second-order valence-electron chi connectivity index (χ2n) is 7.74. The molecule has 148 valence electrons. The van der Waals surface area contributed by atoms with E-state index in [0.29, 0.717) is 5.92 Å². The van der Waals surface area contributed by atoms with Gasteiger partial charge in [0.05, 0.1) is 5.69 Å². The Bertz CT molecular complexity index is 942. The Morgan fingerprint density at radius 3 is 2.41 bits per heavy atom. The van der Waals surface area contributed by atoms with Crippen LogP contribution in [0.3, 0.4) is 0 Å². The van der Waals surface area contributed by atoms with Crippen LogP contribution in [0, 0.1) is 0 Å². The first-order valence-electron chi connectivity index (χ1n) is 10.4. The van der Waals surface area contributed by atoms with Crippen LogP contribution in [0.5, 0.6) is 0 Å². The summed E-state index contributed by atoms with van der Waals surface area (Å²) in [4.78, 5) is 27.6. The molecule has 3 aromatic rings. The van der Waals surface area contributed by atoms with Crippen LogP contribution in [0.4, 0.5) is 11.9 Å². The van der Waals surface area contributed by atoms with Crippen molar-refractivity contribution >= 4 is 11.9 Å². The lowest BCUT2D eigenvalue weighted by molar-refractivity contribution is 0.495. The number of hydrogen-bond acceptors (Lipinski definition) is 7. The van der Waals surface area contributed by atoms with E-state index in [4.69, 9.17) is 9.97 Å². The van der Waals surface area contributed by atoms with Gasteiger partial charge in [-0.05, 0) is 37.8 Å². The van der Waals surface area contributed by atoms with E-state index in [9.17, 15) is 0 Å². The van der Waals surface area contributed by atoms with Gasteiger partial charge in [-0.3, -0.25) is 4.98 Å². The largest absolute Gasteiger partial charge is 0.341 e. The van der Waals surface area contributed by atoms with Crippen molar-refractivity contribution < 1.29 is 0 Å². The van der Waals surface area contributed by atoms with Crippen LogP contribution in [0.1, 0.15) is 37.3 Å². The van der Waals surface area contributed by atoms with Gasteiger partial charge in [0.25, 0.3) is 0 Å². The summed E-state index contributed by atoms with van der Waals surface area (Å²) in [6.45, 7) is 3.93. The number of hydrogen-bond donors (Lipinski definition) is 0. The normalized spacial score (nSPS) is 19.5. The minimum atomic E-state index is 0.312. The zero-order valence-corrected chi connectivity index (χ0v) is 16.5. The third-order valence-corrected chi connectivity index (χ3v) is 5.81. The van der Waals surface area contributed by atoms with Gasteiger partial charge >= 0.3 is 0 Å². The predicted octanol–water partition coefficient (Wildman–Crippen LogP) is 3.31. The second-order valence-corrected chi connectivity index (χ2v) is 7.74. The molecule has 0 saturated carbocycles. The minimum Gasteiger partial charge on any atom is -0.341 e. The van der Waals surface area contributed by atoms with E-state index in [0.717, 1.165) is 67.7 Å². The quantitative estimate of drug-likeness (QED) is 0.680. The maximum Gasteiger partial charge on any atom is 0.225 e. The molecule has 0 aromatic carbocycles. The van der Waals surface area contributed by atoms with Gasteiger partial charge in [-0.2, -0.15) is 0 Å². The molecule has 29 heavy (non-hydrogen) atoms. The molecule has 2 aliphatic heterocycles. The van der Waals surface area contributed by atoms with Crippen molar-refractivity contribution in [1.82, 2.24) is 24.9 Å². The highest BCUT2D eigenvalue weighted by atomic mass is 15.3. The van der Waals surface area contributed by atoms with Crippen molar-refractivity contribution in [3.8, 4) is 11.1 Å².